The van der Waals surface area contributed by atoms with E-state index in [4.69, 9.17) is 5.11 Å². The first-order valence-electron chi connectivity index (χ1n) is 8.88. The molecule has 3 nitrogen and oxygen atoms in total. The monoisotopic (exact) mass is 319 g/mol. The van der Waals surface area contributed by atoms with Crippen LogP contribution in [0.4, 0.5) is 4.39 Å². The Hall–Kier alpha value is -1.42. The maximum atomic E-state index is 13.2. The Balaban J connectivity index is 1.67. The van der Waals surface area contributed by atoms with Gasteiger partial charge in [0.25, 0.3) is 0 Å². The SMILES string of the molecule is O=C(O)C1CCC(NC(c2ccc(F)cc2)C2CCCC2)CC1. The highest BCUT2D eigenvalue weighted by Crippen LogP contribution is 2.37. The van der Waals surface area contributed by atoms with Crippen LogP contribution < -0.4 is 5.32 Å². The Morgan fingerprint density at radius 3 is 2.22 bits per heavy atom. The molecule has 0 spiro atoms. The molecule has 4 heteroatoms. The van der Waals surface area contributed by atoms with Crippen LogP contribution >= 0.6 is 0 Å². The van der Waals surface area contributed by atoms with E-state index in [1.165, 1.54) is 31.2 Å². The molecule has 0 saturated heterocycles. The predicted octanol–water partition coefficient (Wildman–Crippen LogP) is 4.29. The maximum Gasteiger partial charge on any atom is 0.306 e. The van der Waals surface area contributed by atoms with E-state index in [9.17, 15) is 9.18 Å². The Bertz CT molecular complexity index is 517. The smallest absolute Gasteiger partial charge is 0.306 e. The first-order valence-corrected chi connectivity index (χ1v) is 8.88. The molecule has 0 bridgehead atoms. The third kappa shape index (κ3) is 4.11. The van der Waals surface area contributed by atoms with Crippen LogP contribution in [0.3, 0.4) is 0 Å². The molecule has 0 radical (unpaired) electrons. The van der Waals surface area contributed by atoms with Gasteiger partial charge in [-0.2, -0.15) is 0 Å². The zero-order valence-electron chi connectivity index (χ0n) is 13.5. The van der Waals surface area contributed by atoms with Gasteiger partial charge in [-0.25, -0.2) is 4.39 Å². The van der Waals surface area contributed by atoms with E-state index >= 15 is 0 Å². The third-order valence-corrected chi connectivity index (χ3v) is 5.59. The molecule has 1 aromatic rings. The van der Waals surface area contributed by atoms with Gasteiger partial charge in [0.15, 0.2) is 0 Å². The van der Waals surface area contributed by atoms with Crippen molar-refractivity contribution < 1.29 is 14.3 Å². The summed E-state index contributed by atoms with van der Waals surface area (Å²) in [5, 5.41) is 12.9. The van der Waals surface area contributed by atoms with Crippen LogP contribution in [0.5, 0.6) is 0 Å². The molecule has 126 valence electrons. The lowest BCUT2D eigenvalue weighted by Crippen LogP contribution is -2.39. The summed E-state index contributed by atoms with van der Waals surface area (Å²) >= 11 is 0. The minimum atomic E-state index is -0.658. The Morgan fingerprint density at radius 1 is 1.04 bits per heavy atom. The number of benzene rings is 1. The van der Waals surface area contributed by atoms with Crippen molar-refractivity contribution in [3.63, 3.8) is 0 Å². The largest absolute Gasteiger partial charge is 0.481 e. The van der Waals surface area contributed by atoms with Gasteiger partial charge in [-0.3, -0.25) is 4.79 Å². The van der Waals surface area contributed by atoms with Crippen LogP contribution in [0, 0.1) is 17.7 Å². The average Bonchev–Trinajstić information content (AvgIpc) is 3.08. The van der Waals surface area contributed by atoms with Crippen LogP contribution in [-0.2, 0) is 4.79 Å². The summed E-state index contributed by atoms with van der Waals surface area (Å²) in [5.74, 6) is -0.420. The van der Waals surface area contributed by atoms with Gasteiger partial charge in [0.05, 0.1) is 5.92 Å². The molecule has 1 aromatic carbocycles. The molecule has 0 aromatic heterocycles. The minimum Gasteiger partial charge on any atom is -0.481 e. The molecular formula is C19H26FNO2. The highest BCUT2D eigenvalue weighted by Gasteiger charge is 2.31. The molecule has 3 rings (SSSR count). The van der Waals surface area contributed by atoms with E-state index in [-0.39, 0.29) is 17.8 Å². The number of hydrogen-bond donors (Lipinski definition) is 2. The summed E-state index contributed by atoms with van der Waals surface area (Å²) in [4.78, 5) is 11.1. The van der Waals surface area contributed by atoms with Crippen molar-refractivity contribution in [3.8, 4) is 0 Å². The van der Waals surface area contributed by atoms with Gasteiger partial charge in [-0.15, -0.1) is 0 Å². The fourth-order valence-electron chi connectivity index (χ4n) is 4.23. The fraction of sp³-hybridized carbons (Fsp3) is 0.632. The molecule has 2 fully saturated rings. The van der Waals surface area contributed by atoms with Crippen LogP contribution in [0.1, 0.15) is 63.0 Å². The Morgan fingerprint density at radius 2 is 1.65 bits per heavy atom. The van der Waals surface area contributed by atoms with Crippen molar-refractivity contribution in [1.29, 1.82) is 0 Å². The number of carboxylic acids is 1. The van der Waals surface area contributed by atoms with Crippen LogP contribution in [0.2, 0.25) is 0 Å². The lowest BCUT2D eigenvalue weighted by Gasteiger charge is -2.33. The molecular weight excluding hydrogens is 293 g/mol. The summed E-state index contributed by atoms with van der Waals surface area (Å²) < 4.78 is 13.2. The van der Waals surface area contributed by atoms with E-state index in [2.05, 4.69) is 5.32 Å². The lowest BCUT2D eigenvalue weighted by atomic mass is 9.84. The van der Waals surface area contributed by atoms with Gasteiger partial charge >= 0.3 is 5.97 Å². The maximum absolute atomic E-state index is 13.2. The second-order valence-corrected chi connectivity index (χ2v) is 7.13. The van der Waals surface area contributed by atoms with E-state index in [0.717, 1.165) is 25.7 Å². The summed E-state index contributed by atoms with van der Waals surface area (Å²) in [6.07, 6.45) is 8.34. The van der Waals surface area contributed by atoms with Crippen molar-refractivity contribution in [2.75, 3.05) is 0 Å². The van der Waals surface area contributed by atoms with Crippen LogP contribution in [0.25, 0.3) is 0 Å². The summed E-state index contributed by atoms with van der Waals surface area (Å²) in [5.41, 5.74) is 1.17. The molecule has 1 atom stereocenters. The Labute approximate surface area is 137 Å². The quantitative estimate of drug-likeness (QED) is 0.851. The molecule has 0 amide bonds. The molecule has 23 heavy (non-hydrogen) atoms. The zero-order valence-corrected chi connectivity index (χ0v) is 13.5. The average molecular weight is 319 g/mol. The molecule has 0 heterocycles. The standard InChI is InChI=1S/C19H26FNO2/c20-16-9-5-14(6-10-16)18(13-3-1-2-4-13)21-17-11-7-15(8-12-17)19(22)23/h5-6,9-10,13,15,17-18,21H,1-4,7-8,11-12H2,(H,22,23). The number of hydrogen-bond acceptors (Lipinski definition) is 2. The lowest BCUT2D eigenvalue weighted by molar-refractivity contribution is -0.142. The molecule has 2 saturated carbocycles. The van der Waals surface area contributed by atoms with Crippen molar-refractivity contribution in [1.82, 2.24) is 5.32 Å². The number of aliphatic carboxylic acids is 1. The molecule has 1 unspecified atom stereocenters. The molecule has 2 aliphatic carbocycles. The van der Waals surface area contributed by atoms with Gasteiger partial charge in [-0.05, 0) is 62.1 Å². The second-order valence-electron chi connectivity index (χ2n) is 7.13. The van der Waals surface area contributed by atoms with Crippen molar-refractivity contribution in [2.24, 2.45) is 11.8 Å². The summed E-state index contributed by atoms with van der Waals surface area (Å²) in [6.45, 7) is 0. The summed E-state index contributed by atoms with van der Waals surface area (Å²) in [6, 6.07) is 7.52. The third-order valence-electron chi connectivity index (χ3n) is 5.59. The highest BCUT2D eigenvalue weighted by atomic mass is 19.1. The van der Waals surface area contributed by atoms with Gasteiger partial charge < -0.3 is 10.4 Å². The number of carboxylic acid groups (broad SMARTS) is 1. The number of carbonyl (C=O) groups is 1. The number of nitrogens with one attached hydrogen (secondary N) is 1. The van der Waals surface area contributed by atoms with Crippen LogP contribution in [-0.4, -0.2) is 17.1 Å². The first kappa shape index (κ1) is 16.4. The highest BCUT2D eigenvalue weighted by molar-refractivity contribution is 5.70. The van der Waals surface area contributed by atoms with E-state index in [0.29, 0.717) is 12.0 Å². The topological polar surface area (TPSA) is 49.3 Å². The number of halogens is 1. The predicted molar refractivity (Wildman–Crippen MR) is 87.6 cm³/mol. The zero-order chi connectivity index (χ0) is 16.2. The van der Waals surface area contributed by atoms with Gasteiger partial charge in [-0.1, -0.05) is 25.0 Å². The first-order chi connectivity index (χ1) is 11.1. The van der Waals surface area contributed by atoms with Gasteiger partial charge in [0.2, 0.25) is 0 Å². The van der Waals surface area contributed by atoms with Crippen molar-refractivity contribution >= 4 is 5.97 Å². The number of rotatable bonds is 5. The summed E-state index contributed by atoms with van der Waals surface area (Å²) in [7, 11) is 0. The molecule has 2 aliphatic rings. The molecule has 2 N–H and O–H groups in total. The van der Waals surface area contributed by atoms with E-state index in [1.54, 1.807) is 12.1 Å². The fourth-order valence-corrected chi connectivity index (χ4v) is 4.23. The normalized spacial score (nSPS) is 27.0. The van der Waals surface area contributed by atoms with Crippen LogP contribution in [0.15, 0.2) is 24.3 Å². The van der Waals surface area contributed by atoms with Crippen molar-refractivity contribution in [2.45, 2.75) is 63.5 Å². The molecule has 0 aliphatic heterocycles. The van der Waals surface area contributed by atoms with Gasteiger partial charge in [0.1, 0.15) is 5.82 Å². The van der Waals surface area contributed by atoms with Gasteiger partial charge in [0, 0.05) is 12.1 Å². The van der Waals surface area contributed by atoms with E-state index in [1.807, 2.05) is 12.1 Å². The van der Waals surface area contributed by atoms with Crippen molar-refractivity contribution in [3.05, 3.63) is 35.6 Å². The Kier molecular flexibility index (Phi) is 5.31. The minimum absolute atomic E-state index is 0.177. The van der Waals surface area contributed by atoms with E-state index < -0.39 is 5.97 Å². The second kappa shape index (κ2) is 7.43.